The molecule has 0 spiro atoms. The molecule has 1 aliphatic carbocycles. The highest BCUT2D eigenvalue weighted by molar-refractivity contribution is 5.98. The second kappa shape index (κ2) is 10.5. The first-order chi connectivity index (χ1) is 15.3. The first kappa shape index (κ1) is 23.6. The average molecular weight is 450 g/mol. The van der Waals surface area contributed by atoms with Gasteiger partial charge < -0.3 is 31.6 Å². The topological polar surface area (TPSA) is 137 Å². The number of primary amides is 1. The molecule has 32 heavy (non-hydrogen) atoms. The summed E-state index contributed by atoms with van der Waals surface area (Å²) in [4.78, 5) is 20.0. The number of hydrogen-bond donors (Lipinski definition) is 4. The second-order valence-corrected chi connectivity index (χ2v) is 7.78. The summed E-state index contributed by atoms with van der Waals surface area (Å²) >= 11 is 0. The van der Waals surface area contributed by atoms with Crippen LogP contribution in [0.25, 0.3) is 0 Å². The zero-order chi connectivity index (χ0) is 23.3. The van der Waals surface area contributed by atoms with Crippen LogP contribution in [-0.2, 0) is 4.74 Å². The Morgan fingerprint density at radius 3 is 2.56 bits per heavy atom. The van der Waals surface area contributed by atoms with Gasteiger partial charge in [0.15, 0.2) is 17.5 Å². The minimum Gasteiger partial charge on any atom is -0.473 e. The smallest absolute Gasteiger partial charge is 0.252 e. The number of rotatable bonds is 11. The van der Waals surface area contributed by atoms with Crippen molar-refractivity contribution in [1.29, 1.82) is 0 Å². The lowest BCUT2D eigenvalue weighted by molar-refractivity contribution is 0.100. The van der Waals surface area contributed by atoms with Gasteiger partial charge in [-0.3, -0.25) is 4.79 Å². The highest BCUT2D eigenvalue weighted by atomic mass is 19.1. The fourth-order valence-electron chi connectivity index (χ4n) is 3.47. The van der Waals surface area contributed by atoms with Gasteiger partial charge in [-0.15, -0.1) is 0 Å². The molecule has 1 aliphatic rings. The summed E-state index contributed by atoms with van der Waals surface area (Å²) in [5, 5.41) is 5.85. The van der Waals surface area contributed by atoms with Crippen LogP contribution in [0.15, 0.2) is 18.3 Å². The highest BCUT2D eigenvalue weighted by Gasteiger charge is 2.31. The number of nitrogens with zero attached hydrogens (tertiary/aromatic N) is 2. The van der Waals surface area contributed by atoms with Gasteiger partial charge in [-0.05, 0) is 31.7 Å². The van der Waals surface area contributed by atoms with Gasteiger partial charge in [-0.1, -0.05) is 6.42 Å². The van der Waals surface area contributed by atoms with Crippen molar-refractivity contribution in [3.05, 3.63) is 35.5 Å². The fourth-order valence-corrected chi connectivity index (χ4v) is 3.47. The molecule has 0 radical (unpaired) electrons. The van der Waals surface area contributed by atoms with E-state index < -0.39 is 17.5 Å². The molecule has 11 heteroatoms. The van der Waals surface area contributed by atoms with Crippen LogP contribution < -0.4 is 26.8 Å². The number of halogens is 2. The number of anilines is 3. The molecule has 1 saturated carbocycles. The van der Waals surface area contributed by atoms with Crippen molar-refractivity contribution in [2.24, 2.45) is 17.4 Å². The van der Waals surface area contributed by atoms with Gasteiger partial charge >= 0.3 is 0 Å². The Kier molecular flexibility index (Phi) is 7.75. The summed E-state index contributed by atoms with van der Waals surface area (Å²) < 4.78 is 39.0. The maximum Gasteiger partial charge on any atom is 0.252 e. The third-order valence-corrected chi connectivity index (χ3v) is 5.37. The van der Waals surface area contributed by atoms with E-state index in [1.54, 1.807) is 0 Å². The minimum absolute atomic E-state index is 0.0346. The number of methoxy groups -OCH3 is 1. The molecular weight excluding hydrogens is 422 g/mol. The summed E-state index contributed by atoms with van der Waals surface area (Å²) in [5.41, 5.74) is 11.5. The second-order valence-electron chi connectivity index (χ2n) is 7.78. The molecule has 0 bridgehead atoms. The van der Waals surface area contributed by atoms with Gasteiger partial charge in [0, 0.05) is 25.3 Å². The van der Waals surface area contributed by atoms with Crippen molar-refractivity contribution < 1.29 is 23.0 Å². The Hall–Kier alpha value is -3.05. The summed E-state index contributed by atoms with van der Waals surface area (Å²) in [6, 6.07) is 1.70. The maximum absolute atomic E-state index is 14.7. The number of nitrogens with one attached hydrogen (secondary N) is 2. The molecule has 1 fully saturated rings. The third-order valence-electron chi connectivity index (χ3n) is 5.37. The van der Waals surface area contributed by atoms with Crippen molar-refractivity contribution in [1.82, 2.24) is 9.97 Å². The normalized spacial score (nSPS) is 15.5. The van der Waals surface area contributed by atoms with E-state index in [1.807, 2.05) is 6.92 Å². The van der Waals surface area contributed by atoms with Gasteiger partial charge in [0.05, 0.1) is 24.1 Å². The van der Waals surface area contributed by atoms with Crippen LogP contribution in [0.5, 0.6) is 5.88 Å². The van der Waals surface area contributed by atoms with Crippen LogP contribution in [0.2, 0.25) is 0 Å². The number of carbonyl (C=O) groups is 1. The predicted octanol–water partition coefficient (Wildman–Crippen LogP) is 2.55. The van der Waals surface area contributed by atoms with Gasteiger partial charge in [0.25, 0.3) is 11.8 Å². The summed E-state index contributed by atoms with van der Waals surface area (Å²) in [6.07, 6.45) is 4.39. The Morgan fingerprint density at radius 2 is 2.00 bits per heavy atom. The Balaban J connectivity index is 1.85. The summed E-state index contributed by atoms with van der Waals surface area (Å²) in [6.45, 7) is 2.26. The SMILES string of the molecule is COCCOc1ncc(Nc2nc(N[C@H](C3CCC3)[C@H](C)N)c(F)cc2C(N)=O)cc1F. The lowest BCUT2D eigenvalue weighted by Gasteiger charge is -2.37. The van der Waals surface area contributed by atoms with Gasteiger partial charge in [0.2, 0.25) is 0 Å². The summed E-state index contributed by atoms with van der Waals surface area (Å²) in [7, 11) is 1.50. The quantitative estimate of drug-likeness (QED) is 0.383. The zero-order valence-electron chi connectivity index (χ0n) is 18.0. The molecule has 0 aliphatic heterocycles. The molecule has 0 saturated heterocycles. The van der Waals surface area contributed by atoms with E-state index in [2.05, 4.69) is 20.6 Å². The zero-order valence-corrected chi connectivity index (χ0v) is 18.0. The van der Waals surface area contributed by atoms with Crippen LogP contribution in [0.4, 0.5) is 26.1 Å². The molecule has 3 rings (SSSR count). The fraction of sp³-hybridized carbons (Fsp3) is 0.476. The van der Waals surface area contributed by atoms with Crippen molar-refractivity contribution in [3.63, 3.8) is 0 Å². The van der Waals surface area contributed by atoms with Crippen LogP contribution in [-0.4, -0.2) is 48.3 Å². The number of aromatic nitrogens is 2. The van der Waals surface area contributed by atoms with E-state index in [9.17, 15) is 13.6 Å². The number of hydrogen-bond acceptors (Lipinski definition) is 8. The van der Waals surface area contributed by atoms with Crippen LogP contribution in [0, 0.1) is 17.6 Å². The lowest BCUT2D eigenvalue weighted by atomic mass is 9.77. The molecule has 0 aromatic carbocycles. The van der Waals surface area contributed by atoms with Crippen molar-refractivity contribution in [2.75, 3.05) is 31.0 Å². The maximum atomic E-state index is 14.7. The highest BCUT2D eigenvalue weighted by Crippen LogP contribution is 2.33. The molecule has 174 valence electrons. The van der Waals surface area contributed by atoms with Gasteiger partial charge in [-0.2, -0.15) is 0 Å². The predicted molar refractivity (Wildman–Crippen MR) is 116 cm³/mol. The molecule has 9 nitrogen and oxygen atoms in total. The molecule has 0 unspecified atom stereocenters. The third kappa shape index (κ3) is 5.60. The van der Waals surface area contributed by atoms with E-state index in [-0.39, 0.29) is 54.1 Å². The largest absolute Gasteiger partial charge is 0.473 e. The van der Waals surface area contributed by atoms with Crippen LogP contribution in [0.1, 0.15) is 36.5 Å². The molecule has 2 aromatic heterocycles. The minimum atomic E-state index is -0.888. The molecule has 6 N–H and O–H groups in total. The van der Waals surface area contributed by atoms with Crippen molar-refractivity contribution >= 4 is 23.2 Å². The molecule has 2 aromatic rings. The standard InChI is InChI=1S/C21H28F2N6O3/c1-11(24)17(12-4-3-5-12)28-20-15(22)9-14(18(25)30)19(29-20)27-13-8-16(23)21(26-10-13)32-7-6-31-2/h8-12,17H,3-7,24H2,1-2H3,(H2,25,30)(H2,27,28,29)/t11-,17-/m0/s1. The number of pyridine rings is 2. The number of carbonyl (C=O) groups excluding carboxylic acids is 1. The van der Waals surface area contributed by atoms with E-state index >= 15 is 0 Å². The van der Waals surface area contributed by atoms with Gasteiger partial charge in [0.1, 0.15) is 12.4 Å². The molecule has 2 atom stereocenters. The Labute approximate surface area is 184 Å². The van der Waals surface area contributed by atoms with Crippen molar-refractivity contribution in [3.8, 4) is 5.88 Å². The number of amides is 1. The van der Waals surface area contributed by atoms with E-state index in [4.69, 9.17) is 20.9 Å². The number of nitrogens with two attached hydrogens (primary N) is 2. The molecule has 2 heterocycles. The van der Waals surface area contributed by atoms with E-state index in [0.717, 1.165) is 31.4 Å². The monoisotopic (exact) mass is 450 g/mol. The van der Waals surface area contributed by atoms with E-state index in [0.29, 0.717) is 5.92 Å². The van der Waals surface area contributed by atoms with E-state index in [1.165, 1.54) is 13.3 Å². The van der Waals surface area contributed by atoms with Gasteiger partial charge in [-0.25, -0.2) is 18.7 Å². The van der Waals surface area contributed by atoms with Crippen LogP contribution >= 0.6 is 0 Å². The molecular formula is C21H28F2N6O3. The Morgan fingerprint density at radius 1 is 1.25 bits per heavy atom. The first-order valence-corrected chi connectivity index (χ1v) is 10.4. The number of ether oxygens (including phenoxy) is 2. The summed E-state index contributed by atoms with van der Waals surface area (Å²) in [5.74, 6) is -2.34. The lowest BCUT2D eigenvalue weighted by Crippen LogP contribution is -2.46. The molecule has 1 amide bonds. The average Bonchev–Trinajstić information content (AvgIpc) is 2.69. The van der Waals surface area contributed by atoms with Crippen LogP contribution in [0.3, 0.4) is 0 Å². The Bertz CT molecular complexity index is 955. The first-order valence-electron chi connectivity index (χ1n) is 10.4. The van der Waals surface area contributed by atoms with Crippen molar-refractivity contribution in [2.45, 2.75) is 38.3 Å².